The molecule has 1 N–H and O–H groups in total. The van der Waals surface area contributed by atoms with Crippen LogP contribution in [0.25, 0.3) is 0 Å². The maximum atomic E-state index is 4.99. The zero-order chi connectivity index (χ0) is 11.0. The van der Waals surface area contributed by atoms with Crippen LogP contribution in [-0.2, 0) is 0 Å². The highest BCUT2D eigenvalue weighted by molar-refractivity contribution is 5.37. The molecule has 1 heterocycles. The number of aromatic nitrogens is 1. The van der Waals surface area contributed by atoms with Gasteiger partial charge in [-0.15, -0.1) is 0 Å². The summed E-state index contributed by atoms with van der Waals surface area (Å²) in [4.78, 5) is 4.20. The molecule has 1 rings (SSSR count). The van der Waals surface area contributed by atoms with Gasteiger partial charge in [-0.2, -0.15) is 4.98 Å². The summed E-state index contributed by atoms with van der Waals surface area (Å²) in [5, 5.41) is 3.19. The number of hydrogen-bond donors (Lipinski definition) is 1. The zero-order valence-corrected chi connectivity index (χ0v) is 9.66. The summed E-state index contributed by atoms with van der Waals surface area (Å²) in [5.74, 6) is 1.49. The van der Waals surface area contributed by atoms with Crippen molar-refractivity contribution in [2.24, 2.45) is 0 Å². The maximum absolute atomic E-state index is 4.99. The summed E-state index contributed by atoms with van der Waals surface area (Å²) in [5.41, 5.74) is 0. The third-order valence-electron chi connectivity index (χ3n) is 1.37. The van der Waals surface area contributed by atoms with Gasteiger partial charge >= 0.3 is 0 Å². The van der Waals surface area contributed by atoms with Crippen molar-refractivity contribution >= 4 is 5.82 Å². The van der Waals surface area contributed by atoms with E-state index in [0.717, 1.165) is 5.82 Å². The molecule has 0 unspecified atom stereocenters. The molecule has 14 heavy (non-hydrogen) atoms. The van der Waals surface area contributed by atoms with Gasteiger partial charge in [0.25, 0.3) is 0 Å². The number of pyridine rings is 1. The largest absolute Gasteiger partial charge is 0.481 e. The van der Waals surface area contributed by atoms with Gasteiger partial charge in [-0.05, 0) is 19.9 Å². The molecule has 80 valence electrons. The SMILES string of the molecule is CC.COc1cccc(NC(C)C)n1. The van der Waals surface area contributed by atoms with Crippen LogP contribution in [0.1, 0.15) is 27.7 Å². The summed E-state index contributed by atoms with van der Waals surface area (Å²) in [6, 6.07) is 6.05. The van der Waals surface area contributed by atoms with Crippen molar-refractivity contribution in [1.29, 1.82) is 0 Å². The fourth-order valence-corrected chi connectivity index (χ4v) is 0.905. The van der Waals surface area contributed by atoms with Crippen molar-refractivity contribution < 1.29 is 4.74 Å². The molecule has 0 aliphatic rings. The summed E-state index contributed by atoms with van der Waals surface area (Å²) in [7, 11) is 1.61. The maximum Gasteiger partial charge on any atom is 0.214 e. The number of rotatable bonds is 3. The van der Waals surface area contributed by atoms with E-state index in [9.17, 15) is 0 Å². The van der Waals surface area contributed by atoms with Gasteiger partial charge in [-0.3, -0.25) is 0 Å². The third-order valence-corrected chi connectivity index (χ3v) is 1.37. The van der Waals surface area contributed by atoms with Crippen LogP contribution in [0.2, 0.25) is 0 Å². The van der Waals surface area contributed by atoms with E-state index in [1.165, 1.54) is 0 Å². The number of ether oxygens (including phenoxy) is 1. The van der Waals surface area contributed by atoms with E-state index >= 15 is 0 Å². The molecule has 0 bridgehead atoms. The Kier molecular flexibility index (Phi) is 6.54. The van der Waals surface area contributed by atoms with Crippen LogP contribution >= 0.6 is 0 Å². The Labute approximate surface area is 86.5 Å². The first kappa shape index (κ1) is 12.8. The van der Waals surface area contributed by atoms with E-state index < -0.39 is 0 Å². The van der Waals surface area contributed by atoms with Crippen molar-refractivity contribution in [3.8, 4) is 5.88 Å². The Morgan fingerprint density at radius 3 is 2.43 bits per heavy atom. The Morgan fingerprint density at radius 2 is 1.93 bits per heavy atom. The van der Waals surface area contributed by atoms with Gasteiger partial charge in [0.05, 0.1) is 7.11 Å². The van der Waals surface area contributed by atoms with Gasteiger partial charge in [-0.1, -0.05) is 19.9 Å². The Hall–Kier alpha value is -1.25. The van der Waals surface area contributed by atoms with Crippen LogP contribution in [0.3, 0.4) is 0 Å². The van der Waals surface area contributed by atoms with E-state index in [1.807, 2.05) is 32.0 Å². The highest BCUT2D eigenvalue weighted by atomic mass is 16.5. The fraction of sp³-hybridized carbons (Fsp3) is 0.545. The third kappa shape index (κ3) is 4.70. The van der Waals surface area contributed by atoms with Crippen LogP contribution in [0.5, 0.6) is 5.88 Å². The van der Waals surface area contributed by atoms with Crippen molar-refractivity contribution in [3.05, 3.63) is 18.2 Å². The second kappa shape index (κ2) is 7.18. The number of nitrogens with one attached hydrogen (secondary N) is 1. The molecule has 0 aliphatic heterocycles. The first-order valence-electron chi connectivity index (χ1n) is 5.00. The zero-order valence-electron chi connectivity index (χ0n) is 9.66. The molecule has 3 nitrogen and oxygen atoms in total. The Bertz CT molecular complexity index is 249. The lowest BCUT2D eigenvalue weighted by Gasteiger charge is -2.09. The van der Waals surface area contributed by atoms with Crippen molar-refractivity contribution in [1.82, 2.24) is 4.98 Å². The van der Waals surface area contributed by atoms with Crippen LogP contribution < -0.4 is 10.1 Å². The van der Waals surface area contributed by atoms with Crippen molar-refractivity contribution in [3.63, 3.8) is 0 Å². The highest BCUT2D eigenvalue weighted by Gasteiger charge is 1.97. The molecule has 0 amide bonds. The van der Waals surface area contributed by atoms with Crippen molar-refractivity contribution in [2.75, 3.05) is 12.4 Å². The Balaban J connectivity index is 0.000000791. The monoisotopic (exact) mass is 196 g/mol. The summed E-state index contributed by atoms with van der Waals surface area (Å²) in [6.45, 7) is 8.14. The molecule has 1 aromatic heterocycles. The quantitative estimate of drug-likeness (QED) is 0.807. The fourth-order valence-electron chi connectivity index (χ4n) is 0.905. The predicted molar refractivity (Wildman–Crippen MR) is 60.9 cm³/mol. The predicted octanol–water partition coefficient (Wildman–Crippen LogP) is 2.94. The normalized spacial score (nSPS) is 9.00. The molecule has 0 radical (unpaired) electrons. The highest BCUT2D eigenvalue weighted by Crippen LogP contribution is 2.10. The van der Waals surface area contributed by atoms with Crippen LogP contribution in [0.4, 0.5) is 5.82 Å². The van der Waals surface area contributed by atoms with Gasteiger partial charge in [0.2, 0.25) is 5.88 Å². The van der Waals surface area contributed by atoms with E-state index in [4.69, 9.17) is 4.74 Å². The number of nitrogens with zero attached hydrogens (tertiary/aromatic N) is 1. The molecule has 0 fully saturated rings. The molecular weight excluding hydrogens is 176 g/mol. The average Bonchev–Trinajstić information content (AvgIpc) is 2.20. The molecule has 0 spiro atoms. The van der Waals surface area contributed by atoms with Gasteiger partial charge in [0.15, 0.2) is 0 Å². The molecular formula is C11H20N2O. The van der Waals surface area contributed by atoms with Gasteiger partial charge < -0.3 is 10.1 Å². The molecule has 0 aliphatic carbocycles. The van der Waals surface area contributed by atoms with Gasteiger partial charge in [0, 0.05) is 12.1 Å². The standard InChI is InChI=1S/C9H14N2O.C2H6/c1-7(2)10-8-5-4-6-9(11-8)12-3;1-2/h4-7H,1-3H3,(H,10,11);1-2H3. The number of anilines is 1. The smallest absolute Gasteiger partial charge is 0.214 e. The molecule has 0 saturated heterocycles. The molecule has 1 aromatic rings. The summed E-state index contributed by atoms with van der Waals surface area (Å²) >= 11 is 0. The second-order valence-corrected chi connectivity index (χ2v) is 2.86. The molecule has 0 aromatic carbocycles. The lowest BCUT2D eigenvalue weighted by molar-refractivity contribution is 0.398. The second-order valence-electron chi connectivity index (χ2n) is 2.86. The first-order chi connectivity index (χ1) is 6.72. The minimum absolute atomic E-state index is 0.393. The molecule has 0 atom stereocenters. The van der Waals surface area contributed by atoms with E-state index in [2.05, 4.69) is 24.1 Å². The van der Waals surface area contributed by atoms with Gasteiger partial charge in [0.1, 0.15) is 5.82 Å². The minimum Gasteiger partial charge on any atom is -0.481 e. The van der Waals surface area contributed by atoms with E-state index in [0.29, 0.717) is 11.9 Å². The summed E-state index contributed by atoms with van der Waals surface area (Å²) < 4.78 is 4.99. The van der Waals surface area contributed by atoms with Crippen molar-refractivity contribution in [2.45, 2.75) is 33.7 Å². The molecule has 3 heteroatoms. The van der Waals surface area contributed by atoms with E-state index in [1.54, 1.807) is 7.11 Å². The lowest BCUT2D eigenvalue weighted by Crippen LogP contribution is -2.10. The number of methoxy groups -OCH3 is 1. The first-order valence-corrected chi connectivity index (χ1v) is 5.00. The van der Waals surface area contributed by atoms with Crippen LogP contribution in [0.15, 0.2) is 18.2 Å². The van der Waals surface area contributed by atoms with E-state index in [-0.39, 0.29) is 0 Å². The van der Waals surface area contributed by atoms with Gasteiger partial charge in [-0.25, -0.2) is 0 Å². The van der Waals surface area contributed by atoms with Crippen LogP contribution in [-0.4, -0.2) is 18.1 Å². The Morgan fingerprint density at radius 1 is 1.29 bits per heavy atom. The summed E-state index contributed by atoms with van der Waals surface area (Å²) in [6.07, 6.45) is 0. The minimum atomic E-state index is 0.393. The van der Waals surface area contributed by atoms with Crippen LogP contribution in [0, 0.1) is 0 Å². The average molecular weight is 196 g/mol. The lowest BCUT2D eigenvalue weighted by atomic mass is 10.4. The molecule has 0 saturated carbocycles. The number of hydrogen-bond acceptors (Lipinski definition) is 3. The topological polar surface area (TPSA) is 34.1 Å².